The molecule has 3 rings (SSSR count). The average Bonchev–Trinajstić information content (AvgIpc) is 3.06. The van der Waals surface area contributed by atoms with Crippen LogP contribution in [0.2, 0.25) is 0 Å². The van der Waals surface area contributed by atoms with Gasteiger partial charge in [0.15, 0.2) is 5.96 Å². The first-order valence-corrected chi connectivity index (χ1v) is 10.2. The van der Waals surface area contributed by atoms with Crippen molar-refractivity contribution in [2.24, 2.45) is 4.99 Å². The van der Waals surface area contributed by atoms with Gasteiger partial charge in [0.25, 0.3) is 0 Å². The molecular formula is C24H33IN6. The Bertz CT molecular complexity index is 1040. The summed E-state index contributed by atoms with van der Waals surface area (Å²) in [7, 11) is 5.91. The normalized spacial score (nSPS) is 11.1. The van der Waals surface area contributed by atoms with Crippen molar-refractivity contribution in [3.8, 4) is 5.69 Å². The molecule has 6 nitrogen and oxygen atoms in total. The maximum absolute atomic E-state index is 4.63. The molecule has 0 amide bonds. The number of benzene rings is 2. The smallest absolute Gasteiger partial charge is 0.191 e. The van der Waals surface area contributed by atoms with Crippen molar-refractivity contribution in [1.29, 1.82) is 0 Å². The van der Waals surface area contributed by atoms with Crippen molar-refractivity contribution >= 4 is 35.6 Å². The van der Waals surface area contributed by atoms with Crippen LogP contribution >= 0.6 is 24.0 Å². The van der Waals surface area contributed by atoms with E-state index in [0.29, 0.717) is 6.54 Å². The summed E-state index contributed by atoms with van der Waals surface area (Å²) >= 11 is 0. The van der Waals surface area contributed by atoms with E-state index in [1.165, 1.54) is 16.8 Å². The Hall–Kier alpha value is -2.55. The predicted octanol–water partition coefficient (Wildman–Crippen LogP) is 4.35. The number of halogens is 1. The molecule has 7 heteroatoms. The Morgan fingerprint density at radius 2 is 1.65 bits per heavy atom. The number of guanidine groups is 1. The molecule has 0 aliphatic rings. The molecule has 0 aliphatic carbocycles. The summed E-state index contributed by atoms with van der Waals surface area (Å²) in [6, 6.07) is 16.9. The van der Waals surface area contributed by atoms with Gasteiger partial charge >= 0.3 is 0 Å². The molecule has 0 unspecified atom stereocenters. The Morgan fingerprint density at radius 1 is 0.968 bits per heavy atom. The van der Waals surface area contributed by atoms with Crippen molar-refractivity contribution in [2.45, 2.75) is 33.9 Å². The summed E-state index contributed by atoms with van der Waals surface area (Å²) in [4.78, 5) is 6.50. The van der Waals surface area contributed by atoms with E-state index in [9.17, 15) is 0 Å². The van der Waals surface area contributed by atoms with Gasteiger partial charge in [0.1, 0.15) is 0 Å². The summed E-state index contributed by atoms with van der Waals surface area (Å²) < 4.78 is 2.00. The molecule has 1 heterocycles. The largest absolute Gasteiger partial charge is 0.378 e. The fourth-order valence-electron chi connectivity index (χ4n) is 3.47. The number of hydrogen-bond acceptors (Lipinski definition) is 3. The highest BCUT2D eigenvalue weighted by Gasteiger charge is 2.09. The quantitative estimate of drug-likeness (QED) is 0.282. The molecule has 166 valence electrons. The highest BCUT2D eigenvalue weighted by Crippen LogP contribution is 2.18. The van der Waals surface area contributed by atoms with E-state index < -0.39 is 0 Å². The van der Waals surface area contributed by atoms with Crippen LogP contribution in [0.1, 0.15) is 28.1 Å². The van der Waals surface area contributed by atoms with Crippen LogP contribution in [0.15, 0.2) is 53.5 Å². The molecule has 0 radical (unpaired) electrons. The number of nitrogens with zero attached hydrogens (tertiary/aromatic N) is 4. The molecule has 0 aliphatic heterocycles. The van der Waals surface area contributed by atoms with E-state index in [-0.39, 0.29) is 24.0 Å². The SMILES string of the molecule is CN=C(NCc1ccc(N(C)C)cc1C)NCc1ccccc1-n1nc(C)cc1C.I. The van der Waals surface area contributed by atoms with E-state index in [0.717, 1.165) is 35.1 Å². The van der Waals surface area contributed by atoms with Crippen molar-refractivity contribution < 1.29 is 0 Å². The van der Waals surface area contributed by atoms with Crippen LogP contribution in [0.25, 0.3) is 5.69 Å². The minimum absolute atomic E-state index is 0. The molecule has 0 atom stereocenters. The lowest BCUT2D eigenvalue weighted by Crippen LogP contribution is -2.36. The van der Waals surface area contributed by atoms with Crippen LogP contribution in [-0.4, -0.2) is 36.9 Å². The standard InChI is InChI=1S/C24H32N6.HI/c1-17-13-22(29(5)6)12-11-20(17)15-26-24(25-4)27-16-21-9-7-8-10-23(21)30-19(3)14-18(2)28-30;/h7-14H,15-16H2,1-6H3,(H2,25,26,27);1H. The summed E-state index contributed by atoms with van der Waals surface area (Å²) in [6.07, 6.45) is 0. The zero-order valence-electron chi connectivity index (χ0n) is 19.2. The number of rotatable bonds is 6. The van der Waals surface area contributed by atoms with E-state index in [1.807, 2.05) is 17.7 Å². The second kappa shape index (κ2) is 11.2. The zero-order chi connectivity index (χ0) is 21.7. The Morgan fingerprint density at radius 3 is 2.23 bits per heavy atom. The van der Waals surface area contributed by atoms with Crippen molar-refractivity contribution in [1.82, 2.24) is 20.4 Å². The number of hydrogen-bond donors (Lipinski definition) is 2. The predicted molar refractivity (Wildman–Crippen MR) is 141 cm³/mol. The van der Waals surface area contributed by atoms with Crippen molar-refractivity contribution in [3.63, 3.8) is 0 Å². The zero-order valence-corrected chi connectivity index (χ0v) is 21.6. The summed E-state index contributed by atoms with van der Waals surface area (Å²) in [5.41, 5.74) is 8.12. The van der Waals surface area contributed by atoms with Gasteiger partial charge in [0.2, 0.25) is 0 Å². The molecule has 31 heavy (non-hydrogen) atoms. The first-order valence-electron chi connectivity index (χ1n) is 10.2. The lowest BCUT2D eigenvalue weighted by Gasteiger charge is -2.17. The third kappa shape index (κ3) is 6.22. The van der Waals surface area contributed by atoms with Crippen LogP contribution in [-0.2, 0) is 13.1 Å². The molecule has 1 aromatic heterocycles. The van der Waals surface area contributed by atoms with Gasteiger partial charge in [-0.1, -0.05) is 24.3 Å². The lowest BCUT2D eigenvalue weighted by molar-refractivity contribution is 0.780. The van der Waals surface area contributed by atoms with Gasteiger partial charge in [-0.25, -0.2) is 4.68 Å². The first kappa shape index (κ1) is 24.7. The molecular weight excluding hydrogens is 499 g/mol. The van der Waals surface area contributed by atoms with E-state index in [1.54, 1.807) is 7.05 Å². The fourth-order valence-corrected chi connectivity index (χ4v) is 3.47. The van der Waals surface area contributed by atoms with Crippen LogP contribution in [0.5, 0.6) is 0 Å². The Kier molecular flexibility index (Phi) is 8.91. The fraction of sp³-hybridized carbons (Fsp3) is 0.333. The average molecular weight is 532 g/mol. The van der Waals surface area contributed by atoms with Crippen LogP contribution in [0.4, 0.5) is 5.69 Å². The monoisotopic (exact) mass is 532 g/mol. The number of para-hydroxylation sites is 1. The summed E-state index contributed by atoms with van der Waals surface area (Å²) in [5, 5.41) is 11.5. The first-order chi connectivity index (χ1) is 14.4. The van der Waals surface area contributed by atoms with Gasteiger partial charge in [-0.2, -0.15) is 5.10 Å². The van der Waals surface area contributed by atoms with Crippen LogP contribution < -0.4 is 15.5 Å². The number of aliphatic imine (C=N–C) groups is 1. The highest BCUT2D eigenvalue weighted by atomic mass is 127. The van der Waals surface area contributed by atoms with Crippen LogP contribution in [0, 0.1) is 20.8 Å². The summed E-state index contributed by atoms with van der Waals surface area (Å²) in [6.45, 7) is 7.62. The topological polar surface area (TPSA) is 57.5 Å². The van der Waals surface area contributed by atoms with Gasteiger partial charge in [-0.05, 0) is 61.7 Å². The van der Waals surface area contributed by atoms with Gasteiger partial charge in [-0.3, -0.25) is 4.99 Å². The van der Waals surface area contributed by atoms with E-state index in [4.69, 9.17) is 0 Å². The Labute approximate surface area is 202 Å². The highest BCUT2D eigenvalue weighted by molar-refractivity contribution is 14.0. The lowest BCUT2D eigenvalue weighted by atomic mass is 10.1. The third-order valence-corrected chi connectivity index (χ3v) is 5.19. The van der Waals surface area contributed by atoms with Gasteiger partial charge in [0, 0.05) is 45.6 Å². The Balaban J connectivity index is 0.00000341. The minimum atomic E-state index is 0. The number of anilines is 1. The second-order valence-electron chi connectivity index (χ2n) is 7.75. The molecule has 0 bridgehead atoms. The molecule has 0 spiro atoms. The molecule has 0 saturated carbocycles. The van der Waals surface area contributed by atoms with Gasteiger partial charge < -0.3 is 15.5 Å². The molecule has 0 saturated heterocycles. The molecule has 2 N–H and O–H groups in total. The minimum Gasteiger partial charge on any atom is -0.378 e. The molecule has 2 aromatic carbocycles. The van der Waals surface area contributed by atoms with Gasteiger partial charge in [0.05, 0.1) is 11.4 Å². The molecule has 0 fully saturated rings. The second-order valence-corrected chi connectivity index (χ2v) is 7.75. The van der Waals surface area contributed by atoms with Gasteiger partial charge in [-0.15, -0.1) is 24.0 Å². The maximum Gasteiger partial charge on any atom is 0.191 e. The van der Waals surface area contributed by atoms with Crippen molar-refractivity contribution in [3.05, 3.63) is 76.6 Å². The van der Waals surface area contributed by atoms with Crippen molar-refractivity contribution in [2.75, 3.05) is 26.0 Å². The van der Waals surface area contributed by atoms with E-state index in [2.05, 4.69) is 96.0 Å². The number of aromatic nitrogens is 2. The van der Waals surface area contributed by atoms with E-state index >= 15 is 0 Å². The maximum atomic E-state index is 4.63. The number of aryl methyl sites for hydroxylation is 3. The molecule has 3 aromatic rings. The number of nitrogens with one attached hydrogen (secondary N) is 2. The summed E-state index contributed by atoms with van der Waals surface area (Å²) in [5.74, 6) is 0.772. The van der Waals surface area contributed by atoms with Crippen LogP contribution in [0.3, 0.4) is 0 Å². The third-order valence-electron chi connectivity index (χ3n) is 5.19.